The van der Waals surface area contributed by atoms with E-state index in [1.807, 2.05) is 103 Å². The monoisotopic (exact) mass is 1020 g/mol. The number of esters is 1. The molecule has 0 saturated heterocycles. The molecule has 74 heavy (non-hydrogen) atoms. The van der Waals surface area contributed by atoms with E-state index >= 15 is 0 Å². The van der Waals surface area contributed by atoms with Gasteiger partial charge in [0.1, 0.15) is 23.5 Å². The number of nitrogens with zero attached hydrogens (tertiary/aromatic N) is 6. The number of halogens is 1. The highest BCUT2D eigenvalue weighted by atomic mass is 35.5. The van der Waals surface area contributed by atoms with E-state index in [4.69, 9.17) is 30.9 Å². The van der Waals surface area contributed by atoms with Gasteiger partial charge in [-0.2, -0.15) is 0 Å². The van der Waals surface area contributed by atoms with Crippen LogP contribution in [0, 0.1) is 0 Å². The fraction of sp³-hybridized carbons (Fsp3) is 0.232. The molecule has 380 valence electrons. The highest BCUT2D eigenvalue weighted by molar-refractivity contribution is 6.31. The number of nitrogens with one attached hydrogen (secondary N) is 2. The Kier molecular flexibility index (Phi) is 16.7. The summed E-state index contributed by atoms with van der Waals surface area (Å²) in [7, 11) is 0. The van der Waals surface area contributed by atoms with Gasteiger partial charge in [0.15, 0.2) is 5.54 Å². The van der Waals surface area contributed by atoms with E-state index in [2.05, 4.69) is 25.9 Å². The van der Waals surface area contributed by atoms with Crippen molar-refractivity contribution in [3.63, 3.8) is 0 Å². The summed E-state index contributed by atoms with van der Waals surface area (Å²) in [6.45, 7) is 9.49. The lowest BCUT2D eigenvalue weighted by Crippen LogP contribution is -2.40. The SMILES string of the molecule is CC(C)(C)OC(=O)/N=C(\NC(=O)OC(C)(C)C)Nc1ccc(C(=O)Oc2ccc(CCC(=O)N(CC(=O)O)Cc3cccc(-c4nnn(C(c5ccccc5)(c5ccccc5)c5ccccc5)n4)c3)c(Cl)c2)cc1. The van der Waals surface area contributed by atoms with E-state index < -0.39 is 53.3 Å². The van der Waals surface area contributed by atoms with E-state index in [-0.39, 0.29) is 41.7 Å². The van der Waals surface area contributed by atoms with Crippen LogP contribution < -0.4 is 15.4 Å². The van der Waals surface area contributed by atoms with Crippen molar-refractivity contribution in [2.24, 2.45) is 4.99 Å². The van der Waals surface area contributed by atoms with Crippen molar-refractivity contribution in [3.05, 3.63) is 196 Å². The van der Waals surface area contributed by atoms with Crippen LogP contribution >= 0.6 is 11.6 Å². The smallest absolute Gasteiger partial charge is 0.437 e. The first kappa shape index (κ1) is 53.1. The van der Waals surface area contributed by atoms with Crippen molar-refractivity contribution in [1.29, 1.82) is 0 Å². The third kappa shape index (κ3) is 14.0. The number of carbonyl (C=O) groups excluding carboxylic acids is 4. The largest absolute Gasteiger partial charge is 0.480 e. The second-order valence-electron chi connectivity index (χ2n) is 19.0. The van der Waals surface area contributed by atoms with Crippen molar-refractivity contribution < 1.29 is 43.3 Å². The Balaban J connectivity index is 1.00. The fourth-order valence-corrected chi connectivity index (χ4v) is 8.10. The van der Waals surface area contributed by atoms with Crippen LogP contribution in [0.25, 0.3) is 11.4 Å². The van der Waals surface area contributed by atoms with Crippen LogP contribution in [-0.2, 0) is 37.6 Å². The number of guanidine groups is 1. The number of aliphatic carboxylic acids is 1. The van der Waals surface area contributed by atoms with Gasteiger partial charge in [0, 0.05) is 29.2 Å². The van der Waals surface area contributed by atoms with E-state index in [1.165, 1.54) is 41.3 Å². The molecule has 18 heteroatoms. The lowest BCUT2D eigenvalue weighted by atomic mass is 9.77. The number of ether oxygens (including phenoxy) is 3. The Hall–Kier alpha value is -8.70. The molecular formula is C56H55ClN8O9. The molecule has 1 heterocycles. The first-order valence-corrected chi connectivity index (χ1v) is 23.9. The first-order valence-electron chi connectivity index (χ1n) is 23.5. The number of carbonyl (C=O) groups is 5. The minimum absolute atomic E-state index is 0.0153. The number of alkyl carbamates (subject to hydrolysis) is 1. The normalized spacial score (nSPS) is 11.8. The maximum absolute atomic E-state index is 13.7. The number of carboxylic acids is 1. The molecule has 0 radical (unpaired) electrons. The third-order valence-corrected chi connectivity index (χ3v) is 11.3. The van der Waals surface area contributed by atoms with Crippen molar-refractivity contribution >= 4 is 53.3 Å². The van der Waals surface area contributed by atoms with E-state index in [0.29, 0.717) is 28.2 Å². The number of amides is 3. The van der Waals surface area contributed by atoms with Crippen molar-refractivity contribution in [2.75, 3.05) is 11.9 Å². The van der Waals surface area contributed by atoms with Gasteiger partial charge in [-0.15, -0.1) is 20.0 Å². The van der Waals surface area contributed by atoms with Gasteiger partial charge in [-0.25, -0.2) is 14.4 Å². The van der Waals surface area contributed by atoms with Crippen LogP contribution in [0.15, 0.2) is 163 Å². The first-order chi connectivity index (χ1) is 35.3. The molecule has 0 spiro atoms. The zero-order valence-electron chi connectivity index (χ0n) is 41.6. The molecule has 0 aliphatic rings. The zero-order chi connectivity index (χ0) is 53.0. The molecular weight excluding hydrogens is 964 g/mol. The van der Waals surface area contributed by atoms with Crippen LogP contribution in [-0.4, -0.2) is 84.0 Å². The Bertz CT molecular complexity index is 3040. The molecule has 7 rings (SSSR count). The molecule has 0 aliphatic carbocycles. The highest BCUT2D eigenvalue weighted by Gasteiger charge is 2.41. The number of anilines is 1. The van der Waals surface area contributed by atoms with Crippen LogP contribution in [0.2, 0.25) is 5.02 Å². The zero-order valence-corrected chi connectivity index (χ0v) is 42.4. The summed E-state index contributed by atoms with van der Waals surface area (Å²) in [5.41, 5.74) is 2.46. The standard InChI is InChI=1S/C56H55ClN8O9/c1-54(2,3)73-52(70)59-51(60-53(71)74-55(4,5)6)58-44-29-25-39(26-30-44)50(69)72-45-31-27-38(46(57)34-45)28-32-47(66)64(36-48(67)68)35-37-17-16-18-40(33-37)49-61-63-65(62-49)56(41-19-10-7-11-20-41,42-21-12-8-13-22-42)43-23-14-9-15-24-43/h7-27,29-31,33-34H,28,32,35-36H2,1-6H3,(H,67,68)(H2,58,59,60,70,71). The summed E-state index contributed by atoms with van der Waals surface area (Å²) in [6, 6.07) is 47.7. The highest BCUT2D eigenvalue weighted by Crippen LogP contribution is 2.40. The average Bonchev–Trinajstić information content (AvgIpc) is 3.84. The molecule has 0 aliphatic heterocycles. The molecule has 0 fully saturated rings. The van der Waals surface area contributed by atoms with Crippen LogP contribution in [0.5, 0.6) is 5.75 Å². The molecule has 0 saturated carbocycles. The molecule has 6 aromatic carbocycles. The summed E-state index contributed by atoms with van der Waals surface area (Å²) >= 11 is 6.64. The Labute approximate surface area is 433 Å². The number of aromatic nitrogens is 4. The number of aliphatic imine (C=N–C) groups is 1. The van der Waals surface area contributed by atoms with Gasteiger partial charge in [0.25, 0.3) is 0 Å². The van der Waals surface area contributed by atoms with Gasteiger partial charge in [-0.05, 0) is 123 Å². The summed E-state index contributed by atoms with van der Waals surface area (Å²) in [6.07, 6.45) is -1.73. The maximum Gasteiger partial charge on any atom is 0.437 e. The molecule has 17 nitrogen and oxygen atoms in total. The molecule has 0 atom stereocenters. The predicted molar refractivity (Wildman–Crippen MR) is 279 cm³/mol. The Morgan fingerprint density at radius 1 is 0.716 bits per heavy atom. The number of rotatable bonds is 15. The van der Waals surface area contributed by atoms with Gasteiger partial charge < -0.3 is 29.5 Å². The van der Waals surface area contributed by atoms with Crippen molar-refractivity contribution in [1.82, 2.24) is 30.4 Å². The number of hydrogen-bond acceptors (Lipinski definition) is 11. The summed E-state index contributed by atoms with van der Waals surface area (Å²) < 4.78 is 16.1. The topological polar surface area (TPSA) is 217 Å². The molecule has 0 unspecified atom stereocenters. The van der Waals surface area contributed by atoms with Crippen LogP contribution in [0.4, 0.5) is 15.3 Å². The fourth-order valence-electron chi connectivity index (χ4n) is 7.83. The number of aryl methyl sites for hydroxylation is 1. The van der Waals surface area contributed by atoms with Crippen molar-refractivity contribution in [3.8, 4) is 17.1 Å². The number of tetrazole rings is 1. The van der Waals surface area contributed by atoms with Gasteiger partial charge in [0.05, 0.1) is 5.56 Å². The van der Waals surface area contributed by atoms with Crippen LogP contribution in [0.3, 0.4) is 0 Å². The van der Waals surface area contributed by atoms with Crippen LogP contribution in [0.1, 0.15) is 86.1 Å². The second kappa shape index (κ2) is 23.2. The quantitative estimate of drug-likeness (QED) is 0.0287. The van der Waals surface area contributed by atoms with Gasteiger partial charge in [0.2, 0.25) is 17.7 Å². The third-order valence-electron chi connectivity index (χ3n) is 11.0. The summed E-state index contributed by atoms with van der Waals surface area (Å²) in [5, 5.41) is 29.5. The van der Waals surface area contributed by atoms with Gasteiger partial charge in [-0.1, -0.05) is 127 Å². The average molecular weight is 1020 g/mol. The number of hydrogen-bond donors (Lipinski definition) is 3. The lowest BCUT2D eigenvalue weighted by molar-refractivity contribution is -0.144. The number of benzene rings is 6. The Morgan fingerprint density at radius 3 is 1.86 bits per heavy atom. The number of carboxylic acid groups (broad SMARTS) is 1. The Morgan fingerprint density at radius 2 is 1.31 bits per heavy atom. The van der Waals surface area contributed by atoms with Gasteiger partial charge >= 0.3 is 24.1 Å². The van der Waals surface area contributed by atoms with E-state index in [1.54, 1.807) is 64.5 Å². The minimum atomic E-state index is -1.18. The van der Waals surface area contributed by atoms with Crippen molar-refractivity contribution in [2.45, 2.75) is 77.7 Å². The second-order valence-corrected chi connectivity index (χ2v) is 19.4. The molecule has 3 amide bonds. The molecule has 3 N–H and O–H groups in total. The maximum atomic E-state index is 13.7. The predicted octanol–water partition coefficient (Wildman–Crippen LogP) is 10.3. The molecule has 7 aromatic rings. The summed E-state index contributed by atoms with van der Waals surface area (Å²) in [4.78, 5) is 70.7. The lowest BCUT2D eigenvalue weighted by Gasteiger charge is -2.34. The molecule has 0 bridgehead atoms. The van der Waals surface area contributed by atoms with E-state index in [9.17, 15) is 29.1 Å². The minimum Gasteiger partial charge on any atom is -0.480 e. The summed E-state index contributed by atoms with van der Waals surface area (Å²) in [5.74, 6) is -2.12. The van der Waals surface area contributed by atoms with E-state index in [0.717, 1.165) is 16.7 Å². The van der Waals surface area contributed by atoms with Gasteiger partial charge in [-0.3, -0.25) is 14.9 Å². The molecule has 1 aromatic heterocycles.